The Morgan fingerprint density at radius 3 is 2.31 bits per heavy atom. The lowest BCUT2D eigenvalue weighted by atomic mass is 9.43. The van der Waals surface area contributed by atoms with Crippen molar-refractivity contribution < 1.29 is 24.5 Å². The molecule has 3 aliphatic carbocycles. The van der Waals surface area contributed by atoms with E-state index >= 15 is 0 Å². The number of ether oxygens (including phenoxy) is 2. The Morgan fingerprint density at radius 2 is 1.69 bits per heavy atom. The van der Waals surface area contributed by atoms with Crippen LogP contribution in [-0.2, 0) is 16.6 Å². The normalized spacial score (nSPS) is 34.7. The zero-order valence-corrected chi connectivity index (χ0v) is 18.5. The minimum Gasteiger partial charge on any atom is -0.504 e. The fourth-order valence-corrected chi connectivity index (χ4v) is 7.69. The van der Waals surface area contributed by atoms with E-state index < -0.39 is 5.97 Å². The second-order valence-corrected chi connectivity index (χ2v) is 10.6. The van der Waals surface area contributed by atoms with Gasteiger partial charge >= 0.3 is 5.97 Å². The monoisotopic (exact) mass is 402 g/mol. The van der Waals surface area contributed by atoms with Gasteiger partial charge in [-0.3, -0.25) is 0 Å². The molecule has 4 unspecified atom stereocenters. The van der Waals surface area contributed by atoms with E-state index in [1.807, 2.05) is 0 Å². The maximum absolute atomic E-state index is 12.8. The van der Waals surface area contributed by atoms with Crippen molar-refractivity contribution >= 4 is 5.97 Å². The van der Waals surface area contributed by atoms with Crippen molar-refractivity contribution in [1.82, 2.24) is 0 Å². The Labute approximate surface area is 173 Å². The zero-order chi connectivity index (χ0) is 21.4. The summed E-state index contributed by atoms with van der Waals surface area (Å²) in [6.07, 6.45) is 6.32. The van der Waals surface area contributed by atoms with Crippen molar-refractivity contribution in [2.24, 2.45) is 22.7 Å². The molecule has 4 atom stereocenters. The molecular formula is C24H34O5. The number of hydrogen-bond donors (Lipinski definition) is 2. The van der Waals surface area contributed by atoms with Gasteiger partial charge in [-0.15, -0.1) is 0 Å². The molecule has 5 nitrogen and oxygen atoms in total. The van der Waals surface area contributed by atoms with Crippen LogP contribution in [0.15, 0.2) is 0 Å². The summed E-state index contributed by atoms with van der Waals surface area (Å²) in [6.45, 7) is 9.44. The van der Waals surface area contributed by atoms with Gasteiger partial charge in [-0.2, -0.15) is 0 Å². The molecule has 0 bridgehead atoms. The Balaban J connectivity index is 1.96. The predicted molar refractivity (Wildman–Crippen MR) is 111 cm³/mol. The summed E-state index contributed by atoms with van der Waals surface area (Å²) in [7, 11) is 2.75. The average Bonchev–Trinajstić information content (AvgIpc) is 2.97. The lowest BCUT2D eigenvalue weighted by Gasteiger charge is -2.61. The Kier molecular flexibility index (Phi) is 4.42. The van der Waals surface area contributed by atoms with Gasteiger partial charge in [0, 0.05) is 5.56 Å². The van der Waals surface area contributed by atoms with E-state index in [1.165, 1.54) is 27.1 Å². The standard InChI is InChI=1S/C24H34O5/c1-22(2)9-7-10-23(3)14(22)8-11-24(4)15(23)12-13-17(24)16(21(27)29-6)20(28-5)19(26)18(13)25/h14-15,25-26H,7-12H2,1-6H3. The number of methoxy groups -OCH3 is 2. The van der Waals surface area contributed by atoms with Gasteiger partial charge in [0.1, 0.15) is 5.56 Å². The van der Waals surface area contributed by atoms with E-state index in [0.29, 0.717) is 23.8 Å². The molecule has 0 spiro atoms. The highest BCUT2D eigenvalue weighted by molar-refractivity contribution is 5.97. The molecule has 29 heavy (non-hydrogen) atoms. The van der Waals surface area contributed by atoms with E-state index in [1.54, 1.807) is 0 Å². The van der Waals surface area contributed by atoms with Gasteiger partial charge in [0.2, 0.25) is 5.75 Å². The van der Waals surface area contributed by atoms with Crippen LogP contribution in [0.25, 0.3) is 0 Å². The van der Waals surface area contributed by atoms with E-state index in [2.05, 4.69) is 27.7 Å². The molecule has 160 valence electrons. The predicted octanol–water partition coefficient (Wildman–Crippen LogP) is 4.95. The van der Waals surface area contributed by atoms with Gasteiger partial charge in [-0.05, 0) is 65.7 Å². The van der Waals surface area contributed by atoms with Crippen LogP contribution in [0.1, 0.15) is 81.3 Å². The molecule has 2 fully saturated rings. The number of aromatic hydroxyl groups is 2. The first kappa shape index (κ1) is 20.4. The zero-order valence-electron chi connectivity index (χ0n) is 18.5. The number of fused-ring (bicyclic) bond motifs is 5. The SMILES string of the molecule is COC(=O)c1c(OC)c(O)c(O)c2c1C1(C)CCC3C(C)(C)CCCC3(C)C1C2. The van der Waals surface area contributed by atoms with Gasteiger partial charge in [-0.25, -0.2) is 4.79 Å². The highest BCUT2D eigenvalue weighted by Crippen LogP contribution is 2.69. The van der Waals surface area contributed by atoms with Gasteiger partial charge in [-0.1, -0.05) is 34.1 Å². The van der Waals surface area contributed by atoms with Crippen LogP contribution in [0.2, 0.25) is 0 Å². The molecule has 1 aromatic rings. The summed E-state index contributed by atoms with van der Waals surface area (Å²) in [5, 5.41) is 21.5. The number of hydrogen-bond acceptors (Lipinski definition) is 5. The van der Waals surface area contributed by atoms with Crippen LogP contribution < -0.4 is 4.74 Å². The molecule has 4 rings (SSSR count). The summed E-state index contributed by atoms with van der Waals surface area (Å²) in [5.74, 6) is -0.104. The Morgan fingerprint density at radius 1 is 1.00 bits per heavy atom. The number of benzene rings is 1. The molecule has 0 aliphatic heterocycles. The first-order chi connectivity index (χ1) is 13.5. The first-order valence-electron chi connectivity index (χ1n) is 10.8. The van der Waals surface area contributed by atoms with Crippen molar-refractivity contribution in [3.8, 4) is 17.2 Å². The third-order valence-corrected chi connectivity index (χ3v) is 8.87. The second kappa shape index (κ2) is 6.29. The van der Waals surface area contributed by atoms with Crippen LogP contribution in [-0.4, -0.2) is 30.4 Å². The van der Waals surface area contributed by atoms with E-state index in [9.17, 15) is 15.0 Å². The van der Waals surface area contributed by atoms with E-state index in [-0.39, 0.29) is 39.1 Å². The Bertz CT molecular complexity index is 873. The quantitative estimate of drug-likeness (QED) is 0.541. The molecule has 3 aliphatic rings. The molecular weight excluding hydrogens is 368 g/mol. The van der Waals surface area contributed by atoms with Crippen LogP contribution in [0.3, 0.4) is 0 Å². The largest absolute Gasteiger partial charge is 0.504 e. The maximum atomic E-state index is 12.8. The summed E-state index contributed by atoms with van der Waals surface area (Å²) in [6, 6.07) is 0. The lowest BCUT2D eigenvalue weighted by molar-refractivity contribution is -0.0984. The van der Waals surface area contributed by atoms with Crippen molar-refractivity contribution in [2.75, 3.05) is 14.2 Å². The molecule has 2 saturated carbocycles. The highest BCUT2D eigenvalue weighted by Gasteiger charge is 2.62. The fraction of sp³-hybridized carbons (Fsp3) is 0.708. The molecule has 0 saturated heterocycles. The number of esters is 1. The molecule has 0 radical (unpaired) electrons. The molecule has 0 heterocycles. The van der Waals surface area contributed by atoms with E-state index in [4.69, 9.17) is 9.47 Å². The van der Waals surface area contributed by atoms with Gasteiger partial charge in [0.05, 0.1) is 14.2 Å². The Hall–Kier alpha value is -1.91. The number of phenolic OH excluding ortho intramolecular Hbond substituents is 2. The van der Waals surface area contributed by atoms with Crippen molar-refractivity contribution in [3.05, 3.63) is 16.7 Å². The minimum absolute atomic E-state index is 0.0197. The van der Waals surface area contributed by atoms with Gasteiger partial charge in [0.15, 0.2) is 11.5 Å². The van der Waals surface area contributed by atoms with Crippen molar-refractivity contribution in [2.45, 2.75) is 71.6 Å². The number of carbonyl (C=O) groups excluding carboxylic acids is 1. The van der Waals surface area contributed by atoms with Crippen molar-refractivity contribution in [1.29, 1.82) is 0 Å². The summed E-state index contributed by atoms with van der Waals surface area (Å²) < 4.78 is 10.5. The third kappa shape index (κ3) is 2.48. The molecule has 1 aromatic carbocycles. The summed E-state index contributed by atoms with van der Waals surface area (Å²) in [5.41, 5.74) is 1.94. The number of rotatable bonds is 2. The van der Waals surface area contributed by atoms with Crippen LogP contribution in [0.5, 0.6) is 17.2 Å². The highest BCUT2D eigenvalue weighted by atomic mass is 16.5. The fourth-order valence-electron chi connectivity index (χ4n) is 7.69. The van der Waals surface area contributed by atoms with E-state index in [0.717, 1.165) is 24.8 Å². The smallest absolute Gasteiger partial charge is 0.342 e. The van der Waals surface area contributed by atoms with Crippen LogP contribution >= 0.6 is 0 Å². The van der Waals surface area contributed by atoms with Gasteiger partial charge in [0.25, 0.3) is 0 Å². The summed E-state index contributed by atoms with van der Waals surface area (Å²) in [4.78, 5) is 12.8. The lowest BCUT2D eigenvalue weighted by Crippen LogP contribution is -2.55. The molecule has 2 N–H and O–H groups in total. The van der Waals surface area contributed by atoms with Crippen LogP contribution in [0.4, 0.5) is 0 Å². The second-order valence-electron chi connectivity index (χ2n) is 10.6. The minimum atomic E-state index is -0.522. The summed E-state index contributed by atoms with van der Waals surface area (Å²) >= 11 is 0. The number of carbonyl (C=O) groups is 1. The van der Waals surface area contributed by atoms with Crippen LogP contribution in [0, 0.1) is 22.7 Å². The molecule has 0 aromatic heterocycles. The maximum Gasteiger partial charge on any atom is 0.342 e. The molecule has 5 heteroatoms. The van der Waals surface area contributed by atoms with Crippen molar-refractivity contribution in [3.63, 3.8) is 0 Å². The average molecular weight is 403 g/mol. The van der Waals surface area contributed by atoms with Gasteiger partial charge < -0.3 is 19.7 Å². The first-order valence-corrected chi connectivity index (χ1v) is 10.8. The third-order valence-electron chi connectivity index (χ3n) is 8.87. The topological polar surface area (TPSA) is 76.0 Å². The molecule has 0 amide bonds. The number of phenols is 2.